The van der Waals surface area contributed by atoms with Gasteiger partial charge in [-0.25, -0.2) is 17.7 Å². The number of aromatic nitrogens is 1. The van der Waals surface area contributed by atoms with Crippen LogP contribution >= 0.6 is 57.2 Å². The van der Waals surface area contributed by atoms with Crippen molar-refractivity contribution >= 4 is 78.3 Å². The highest BCUT2D eigenvalue weighted by Gasteiger charge is 2.21. The van der Waals surface area contributed by atoms with Gasteiger partial charge in [-0.2, -0.15) is 0 Å². The lowest BCUT2D eigenvalue weighted by molar-refractivity contribution is -0.116. The summed E-state index contributed by atoms with van der Waals surface area (Å²) in [6.45, 7) is 0.250. The van der Waals surface area contributed by atoms with Gasteiger partial charge in [-0.3, -0.25) is 4.79 Å². The first kappa shape index (κ1) is 21.7. The Morgan fingerprint density at radius 1 is 1.32 bits per heavy atom. The Hall–Kier alpha value is -1.01. The van der Waals surface area contributed by atoms with Crippen LogP contribution in [0.15, 0.2) is 33.2 Å². The minimum atomic E-state index is -3.49. The summed E-state index contributed by atoms with van der Waals surface area (Å²) in [7, 11) is -1.98. The molecule has 0 saturated carbocycles. The van der Waals surface area contributed by atoms with Crippen LogP contribution in [0.2, 0.25) is 8.67 Å². The summed E-state index contributed by atoms with van der Waals surface area (Å²) < 4.78 is 27.3. The predicted molar refractivity (Wildman–Crippen MR) is 117 cm³/mol. The molecule has 0 aliphatic heterocycles. The summed E-state index contributed by atoms with van der Waals surface area (Å²) in [5, 5.41) is 6.69. The van der Waals surface area contributed by atoms with Gasteiger partial charge in [0.1, 0.15) is 8.55 Å². The van der Waals surface area contributed by atoms with Gasteiger partial charge in [-0.05, 0) is 23.9 Å². The van der Waals surface area contributed by atoms with E-state index in [1.807, 2.05) is 0 Å². The fraction of sp³-hybridized carbons (Fsp3) is 0.250. The molecule has 0 spiro atoms. The number of thiophene rings is 2. The van der Waals surface area contributed by atoms with Gasteiger partial charge in [0.15, 0.2) is 5.13 Å². The van der Waals surface area contributed by atoms with Crippen molar-refractivity contribution in [1.82, 2.24) is 9.29 Å². The van der Waals surface area contributed by atoms with Crippen LogP contribution in [-0.2, 0) is 14.8 Å². The van der Waals surface area contributed by atoms with E-state index in [0.717, 1.165) is 5.56 Å². The number of rotatable bonds is 8. The summed E-state index contributed by atoms with van der Waals surface area (Å²) in [6.07, 6.45) is 0.585. The molecule has 1 amide bonds. The molecule has 0 bridgehead atoms. The van der Waals surface area contributed by atoms with Crippen LogP contribution in [0, 0.1) is 0 Å². The van der Waals surface area contributed by atoms with E-state index >= 15 is 0 Å². The van der Waals surface area contributed by atoms with Crippen molar-refractivity contribution in [2.45, 2.75) is 17.1 Å². The molecule has 3 aromatic rings. The number of carbonyl (C=O) groups excluding carboxylic acids is 1. The molecular weight excluding hydrogens is 481 g/mol. The lowest BCUT2D eigenvalue weighted by Gasteiger charge is -2.15. The van der Waals surface area contributed by atoms with Crippen molar-refractivity contribution < 1.29 is 13.2 Å². The molecule has 0 unspecified atom stereocenters. The smallest absolute Gasteiger partial charge is 0.252 e. The third kappa shape index (κ3) is 5.12. The summed E-state index contributed by atoms with van der Waals surface area (Å²) in [6, 6.07) is 4.99. The third-order valence-corrected chi connectivity index (χ3v) is 9.19. The zero-order chi connectivity index (χ0) is 20.3. The number of sulfonamides is 1. The van der Waals surface area contributed by atoms with Crippen molar-refractivity contribution in [2.75, 3.05) is 18.9 Å². The Morgan fingerprint density at radius 3 is 2.75 bits per heavy atom. The van der Waals surface area contributed by atoms with E-state index in [1.165, 1.54) is 45.4 Å². The van der Waals surface area contributed by atoms with E-state index in [-0.39, 0.29) is 18.9 Å². The number of thiazole rings is 1. The monoisotopic (exact) mass is 495 g/mol. The number of anilines is 1. The number of carbonyl (C=O) groups is 1. The molecule has 6 nitrogen and oxygen atoms in total. The first-order valence-corrected chi connectivity index (χ1v) is 12.7. The molecule has 1 N–H and O–H groups in total. The van der Waals surface area contributed by atoms with Crippen LogP contribution in [0.5, 0.6) is 0 Å². The van der Waals surface area contributed by atoms with Crippen LogP contribution in [0.25, 0.3) is 11.3 Å². The Kier molecular flexibility index (Phi) is 7.13. The van der Waals surface area contributed by atoms with Crippen molar-refractivity contribution in [2.24, 2.45) is 0 Å². The number of hydrogen-bond donors (Lipinski definition) is 1. The summed E-state index contributed by atoms with van der Waals surface area (Å²) >= 11 is 15.8. The zero-order valence-corrected chi connectivity index (χ0v) is 19.3. The summed E-state index contributed by atoms with van der Waals surface area (Å²) in [5.41, 5.74) is 1.38. The Bertz CT molecular complexity index is 1060. The van der Waals surface area contributed by atoms with Crippen LogP contribution in [0.1, 0.15) is 12.8 Å². The third-order valence-electron chi connectivity index (χ3n) is 3.72. The van der Waals surface area contributed by atoms with E-state index in [9.17, 15) is 13.2 Å². The molecule has 150 valence electrons. The molecule has 0 radical (unpaired) electrons. The maximum atomic E-state index is 12.3. The predicted octanol–water partition coefficient (Wildman–Crippen LogP) is 5.28. The first-order valence-electron chi connectivity index (χ1n) is 7.98. The lowest BCUT2D eigenvalue weighted by Crippen LogP contribution is -2.28. The second-order valence-electron chi connectivity index (χ2n) is 5.69. The molecule has 0 aromatic carbocycles. The SMILES string of the molecule is CN(CCCC(=O)Nc1nc(-c2cc(Cl)sc2Cl)cs1)S(=O)(=O)c1cccs1. The highest BCUT2D eigenvalue weighted by atomic mass is 35.5. The Balaban J connectivity index is 1.51. The van der Waals surface area contributed by atoms with Gasteiger partial charge in [0.05, 0.1) is 10.0 Å². The van der Waals surface area contributed by atoms with E-state index in [2.05, 4.69) is 10.3 Å². The Labute approximate surface area is 184 Å². The standard InChI is InChI=1S/C16H15Cl2N3O3S4/c1-21(28(23,24)14-5-3-7-25-14)6-2-4-13(22)20-16-19-11(9-26-16)10-8-12(17)27-15(10)18/h3,5,7-9H,2,4,6H2,1H3,(H,19,20,22). The molecule has 28 heavy (non-hydrogen) atoms. The van der Waals surface area contributed by atoms with E-state index in [1.54, 1.807) is 29.0 Å². The van der Waals surface area contributed by atoms with Crippen LogP contribution < -0.4 is 5.32 Å². The van der Waals surface area contributed by atoms with Gasteiger partial charge >= 0.3 is 0 Å². The number of halogens is 2. The van der Waals surface area contributed by atoms with Crippen LogP contribution in [0.4, 0.5) is 5.13 Å². The van der Waals surface area contributed by atoms with Crippen molar-refractivity contribution in [3.63, 3.8) is 0 Å². The molecule has 0 atom stereocenters. The topological polar surface area (TPSA) is 79.4 Å². The van der Waals surface area contributed by atoms with Crippen LogP contribution in [-0.4, -0.2) is 37.2 Å². The molecular formula is C16H15Cl2N3O3S4. The maximum Gasteiger partial charge on any atom is 0.252 e. The Morgan fingerprint density at radius 2 is 2.11 bits per heavy atom. The summed E-state index contributed by atoms with van der Waals surface area (Å²) in [4.78, 5) is 16.5. The number of hydrogen-bond acceptors (Lipinski definition) is 7. The van der Waals surface area contributed by atoms with Crippen molar-refractivity contribution in [3.05, 3.63) is 37.6 Å². The fourth-order valence-electron chi connectivity index (χ4n) is 2.30. The lowest BCUT2D eigenvalue weighted by atomic mass is 10.3. The molecule has 12 heteroatoms. The van der Waals surface area contributed by atoms with Gasteiger partial charge in [0.25, 0.3) is 10.0 Å². The molecule has 3 heterocycles. The molecule has 0 saturated heterocycles. The van der Waals surface area contributed by atoms with Crippen molar-refractivity contribution in [1.29, 1.82) is 0 Å². The van der Waals surface area contributed by atoms with E-state index in [4.69, 9.17) is 23.2 Å². The second-order valence-corrected chi connectivity index (χ2v) is 12.0. The molecule has 3 rings (SSSR count). The average Bonchev–Trinajstić information content (AvgIpc) is 3.36. The molecule has 0 aliphatic rings. The highest BCUT2D eigenvalue weighted by Crippen LogP contribution is 2.39. The zero-order valence-electron chi connectivity index (χ0n) is 14.5. The minimum Gasteiger partial charge on any atom is -0.302 e. The molecule has 0 aliphatic carbocycles. The van der Waals surface area contributed by atoms with Crippen molar-refractivity contribution in [3.8, 4) is 11.3 Å². The van der Waals surface area contributed by atoms with Crippen LogP contribution in [0.3, 0.4) is 0 Å². The van der Waals surface area contributed by atoms with Gasteiger partial charge in [-0.1, -0.05) is 29.3 Å². The van der Waals surface area contributed by atoms with Gasteiger partial charge < -0.3 is 5.32 Å². The largest absolute Gasteiger partial charge is 0.302 e. The normalized spacial score (nSPS) is 11.9. The highest BCUT2D eigenvalue weighted by molar-refractivity contribution is 7.91. The summed E-state index contributed by atoms with van der Waals surface area (Å²) in [5.74, 6) is -0.225. The number of nitrogens with one attached hydrogen (secondary N) is 1. The second kappa shape index (κ2) is 9.21. The number of amides is 1. The quantitative estimate of drug-likeness (QED) is 0.460. The number of nitrogens with zero attached hydrogens (tertiary/aromatic N) is 2. The molecule has 0 fully saturated rings. The van der Waals surface area contributed by atoms with E-state index < -0.39 is 10.0 Å². The first-order chi connectivity index (χ1) is 13.3. The maximum absolute atomic E-state index is 12.3. The van der Waals surface area contributed by atoms with Gasteiger partial charge in [0.2, 0.25) is 5.91 Å². The van der Waals surface area contributed by atoms with Gasteiger partial charge in [-0.15, -0.1) is 34.0 Å². The van der Waals surface area contributed by atoms with E-state index in [0.29, 0.717) is 30.1 Å². The van der Waals surface area contributed by atoms with Gasteiger partial charge in [0, 0.05) is 31.0 Å². The molecule has 3 aromatic heterocycles. The fourth-order valence-corrected chi connectivity index (χ4v) is 6.92. The minimum absolute atomic E-state index is 0.185. The average molecular weight is 496 g/mol.